The number of carboxylic acids is 2. The molecule has 9 unspecified atom stereocenters. The number of aliphatic carboxylic acids is 2. The molecule has 0 amide bonds. The van der Waals surface area contributed by atoms with Crippen molar-refractivity contribution in [1.82, 2.24) is 0 Å². The summed E-state index contributed by atoms with van der Waals surface area (Å²) in [5, 5.41) is 30.4. The lowest BCUT2D eigenvalue weighted by Gasteiger charge is -2.63. The minimum atomic E-state index is -1.19. The fraction of sp³-hybridized carbons (Fsp3) is 0.765. The Morgan fingerprint density at radius 2 is 1.62 bits per heavy atom. The Hall–Kier alpha value is -2.48. The van der Waals surface area contributed by atoms with Gasteiger partial charge in [-0.25, -0.2) is 0 Å². The Morgan fingerprint density at radius 3 is 2.21 bits per heavy atom. The van der Waals surface area contributed by atoms with E-state index >= 15 is 0 Å². The van der Waals surface area contributed by atoms with Gasteiger partial charge in [0.25, 0.3) is 0 Å². The van der Waals surface area contributed by atoms with E-state index in [9.17, 15) is 29.4 Å². The Labute approximate surface area is 250 Å². The molecule has 4 aliphatic carbocycles. The standard InChI is InChI=1S/C34H50O8/c1-18(15-24(35)19(2)20(3)30(40)41)21-11-14-33(7)22-9-10-25-31(4,5)27(42-29(39)17-28(37)38)12-13-32(25,6)23(22)16-26(36)34(21,33)8/h18,20-21,25-27,36H,2,9-17H2,1,3-8H3,(H,37,38)(H,40,41). The van der Waals surface area contributed by atoms with Crippen molar-refractivity contribution in [3.8, 4) is 0 Å². The van der Waals surface area contributed by atoms with Crippen LogP contribution in [0.1, 0.15) is 106 Å². The summed E-state index contributed by atoms with van der Waals surface area (Å²) < 4.78 is 5.74. The van der Waals surface area contributed by atoms with Gasteiger partial charge >= 0.3 is 17.9 Å². The van der Waals surface area contributed by atoms with Gasteiger partial charge in [0.2, 0.25) is 0 Å². The van der Waals surface area contributed by atoms with E-state index < -0.39 is 41.8 Å². The number of carbonyl (C=O) groups excluding carboxylic acids is 2. The molecule has 2 saturated carbocycles. The van der Waals surface area contributed by atoms with Gasteiger partial charge in [0.05, 0.1) is 12.0 Å². The number of fused-ring (bicyclic) bond motifs is 4. The van der Waals surface area contributed by atoms with Crippen molar-refractivity contribution in [2.24, 2.45) is 45.3 Å². The largest absolute Gasteiger partial charge is 0.481 e. The van der Waals surface area contributed by atoms with Crippen molar-refractivity contribution in [2.75, 3.05) is 0 Å². The van der Waals surface area contributed by atoms with E-state index in [0.29, 0.717) is 12.8 Å². The first kappa shape index (κ1) is 32.4. The molecule has 8 nitrogen and oxygen atoms in total. The van der Waals surface area contributed by atoms with Crippen molar-refractivity contribution >= 4 is 23.7 Å². The predicted octanol–water partition coefficient (Wildman–Crippen LogP) is 5.97. The molecule has 0 aliphatic heterocycles. The number of allylic oxidation sites excluding steroid dienone is 1. The second-order valence-electron chi connectivity index (χ2n) is 15.0. The molecule has 4 aliphatic rings. The third kappa shape index (κ3) is 4.86. The Balaban J connectivity index is 1.61. The zero-order chi connectivity index (χ0) is 31.6. The summed E-state index contributed by atoms with van der Waals surface area (Å²) in [7, 11) is 0. The van der Waals surface area contributed by atoms with Crippen LogP contribution in [0.5, 0.6) is 0 Å². The fourth-order valence-corrected chi connectivity index (χ4v) is 10.1. The van der Waals surface area contributed by atoms with Gasteiger partial charge in [-0.05, 0) is 80.5 Å². The normalized spacial score (nSPS) is 38.4. The SMILES string of the molecule is C=C(C(=O)CC(C)C1CCC2(C)C3=C(CC(O)C12C)C1(C)CCC(OC(=O)CC(=O)O)C(C)(C)C1CC3)C(C)C(=O)O. The highest BCUT2D eigenvalue weighted by Crippen LogP contribution is 2.72. The summed E-state index contributed by atoms with van der Waals surface area (Å²) in [6.07, 6.45) is 4.33. The van der Waals surface area contributed by atoms with Crippen LogP contribution in [0.4, 0.5) is 0 Å². The maximum Gasteiger partial charge on any atom is 0.317 e. The van der Waals surface area contributed by atoms with Crippen LogP contribution < -0.4 is 0 Å². The number of ketones is 1. The average molecular weight is 587 g/mol. The third-order valence-electron chi connectivity index (χ3n) is 12.8. The van der Waals surface area contributed by atoms with Gasteiger partial charge in [-0.2, -0.15) is 0 Å². The van der Waals surface area contributed by atoms with Crippen molar-refractivity contribution in [1.29, 1.82) is 0 Å². The quantitative estimate of drug-likeness (QED) is 0.130. The number of carboxylic acid groups (broad SMARTS) is 2. The molecule has 2 fully saturated rings. The minimum Gasteiger partial charge on any atom is -0.481 e. The van der Waals surface area contributed by atoms with Gasteiger partial charge < -0.3 is 20.1 Å². The van der Waals surface area contributed by atoms with Crippen LogP contribution in [-0.4, -0.2) is 51.2 Å². The first-order valence-electron chi connectivity index (χ1n) is 15.6. The van der Waals surface area contributed by atoms with Crippen LogP contribution >= 0.6 is 0 Å². The zero-order valence-corrected chi connectivity index (χ0v) is 26.4. The molecular formula is C34H50O8. The van der Waals surface area contributed by atoms with Crippen LogP contribution in [-0.2, 0) is 23.9 Å². The number of ether oxygens (including phenoxy) is 1. The highest BCUT2D eigenvalue weighted by molar-refractivity contribution is 5.99. The number of rotatable bonds is 9. The van der Waals surface area contributed by atoms with E-state index in [0.717, 1.165) is 32.1 Å². The third-order valence-corrected chi connectivity index (χ3v) is 12.8. The van der Waals surface area contributed by atoms with Gasteiger partial charge in [0, 0.05) is 22.8 Å². The molecular weight excluding hydrogens is 536 g/mol. The summed E-state index contributed by atoms with van der Waals surface area (Å²) in [4.78, 5) is 47.8. The second kappa shape index (κ2) is 10.9. The monoisotopic (exact) mass is 586 g/mol. The molecule has 0 aromatic rings. The average Bonchev–Trinajstić information content (AvgIpc) is 3.17. The number of hydrogen-bond acceptors (Lipinski definition) is 6. The fourth-order valence-electron chi connectivity index (χ4n) is 10.1. The van der Waals surface area contributed by atoms with Crippen LogP contribution in [0.2, 0.25) is 0 Å². The molecule has 234 valence electrons. The lowest BCUT2D eigenvalue weighted by atomic mass is 9.42. The molecule has 0 spiro atoms. The molecule has 42 heavy (non-hydrogen) atoms. The van der Waals surface area contributed by atoms with Crippen LogP contribution in [0.15, 0.2) is 23.3 Å². The minimum absolute atomic E-state index is 0.0272. The molecule has 0 heterocycles. The number of esters is 1. The van der Waals surface area contributed by atoms with E-state index in [1.54, 1.807) is 0 Å². The highest BCUT2D eigenvalue weighted by Gasteiger charge is 2.66. The number of aliphatic hydroxyl groups excluding tert-OH is 1. The molecule has 0 aromatic heterocycles. The number of aliphatic hydroxyl groups is 1. The first-order chi connectivity index (χ1) is 19.3. The van der Waals surface area contributed by atoms with Gasteiger partial charge in [-0.1, -0.05) is 59.3 Å². The summed E-state index contributed by atoms with van der Waals surface area (Å²) >= 11 is 0. The molecule has 4 rings (SSSR count). The second-order valence-corrected chi connectivity index (χ2v) is 15.0. The summed E-state index contributed by atoms with van der Waals surface area (Å²) in [6.45, 7) is 18.4. The van der Waals surface area contributed by atoms with E-state index in [1.165, 1.54) is 18.1 Å². The molecule has 0 aromatic carbocycles. The number of carbonyl (C=O) groups is 4. The molecule has 0 bridgehead atoms. The maximum absolute atomic E-state index is 13.0. The first-order valence-corrected chi connectivity index (χ1v) is 15.6. The molecule has 9 atom stereocenters. The van der Waals surface area contributed by atoms with Gasteiger partial charge in [0.1, 0.15) is 12.5 Å². The van der Waals surface area contributed by atoms with Gasteiger partial charge in [-0.3, -0.25) is 19.2 Å². The Morgan fingerprint density at radius 1 is 0.976 bits per heavy atom. The Kier molecular flexibility index (Phi) is 8.42. The topological polar surface area (TPSA) is 138 Å². The zero-order valence-electron chi connectivity index (χ0n) is 26.4. The van der Waals surface area contributed by atoms with Crippen molar-refractivity contribution < 1.29 is 39.2 Å². The van der Waals surface area contributed by atoms with Crippen molar-refractivity contribution in [3.63, 3.8) is 0 Å². The van der Waals surface area contributed by atoms with Crippen LogP contribution in [0.25, 0.3) is 0 Å². The molecule has 0 radical (unpaired) electrons. The molecule has 8 heteroatoms. The van der Waals surface area contributed by atoms with Gasteiger partial charge in [-0.15, -0.1) is 0 Å². The highest BCUT2D eigenvalue weighted by atomic mass is 16.5. The summed E-state index contributed by atoms with van der Waals surface area (Å²) in [6, 6.07) is 0. The lowest BCUT2D eigenvalue weighted by Crippen LogP contribution is -2.58. The predicted molar refractivity (Wildman–Crippen MR) is 157 cm³/mol. The van der Waals surface area contributed by atoms with Gasteiger partial charge in [0.15, 0.2) is 5.78 Å². The van der Waals surface area contributed by atoms with Crippen molar-refractivity contribution in [2.45, 2.75) is 118 Å². The van der Waals surface area contributed by atoms with E-state index in [2.05, 4.69) is 48.1 Å². The maximum atomic E-state index is 13.0. The van der Waals surface area contributed by atoms with E-state index in [-0.39, 0.29) is 57.9 Å². The van der Waals surface area contributed by atoms with E-state index in [4.69, 9.17) is 9.84 Å². The lowest BCUT2D eigenvalue weighted by molar-refractivity contribution is -0.173. The smallest absolute Gasteiger partial charge is 0.317 e. The molecule has 3 N–H and O–H groups in total. The summed E-state index contributed by atoms with van der Waals surface area (Å²) in [5.74, 6) is -3.77. The van der Waals surface area contributed by atoms with E-state index in [1.807, 2.05) is 0 Å². The van der Waals surface area contributed by atoms with Crippen LogP contribution in [0, 0.1) is 45.3 Å². The number of hydrogen-bond donors (Lipinski definition) is 3. The number of Topliss-reactive ketones (excluding diaryl/α,β-unsaturated/α-hetero) is 1. The van der Waals surface area contributed by atoms with Crippen molar-refractivity contribution in [3.05, 3.63) is 23.3 Å². The Bertz CT molecular complexity index is 1210. The summed E-state index contributed by atoms with van der Waals surface area (Å²) in [5.41, 5.74) is 1.77. The molecule has 0 saturated heterocycles. The van der Waals surface area contributed by atoms with Crippen LogP contribution in [0.3, 0.4) is 0 Å².